The highest BCUT2D eigenvalue weighted by molar-refractivity contribution is 4.91. The standard InChI is InChI=1S/C14H27NO/c1-4-16-11-14(12(2)3)15-10-13-8-6-5-7-9-13/h5-6,12-15H,4,7-11H2,1-3H3. The van der Waals surface area contributed by atoms with Gasteiger partial charge in [-0.25, -0.2) is 0 Å². The van der Waals surface area contributed by atoms with Gasteiger partial charge in [-0.2, -0.15) is 0 Å². The Kier molecular flexibility index (Phi) is 6.74. The molecular formula is C14H27NO. The summed E-state index contributed by atoms with van der Waals surface area (Å²) in [6.07, 6.45) is 8.46. The van der Waals surface area contributed by atoms with E-state index in [1.54, 1.807) is 0 Å². The summed E-state index contributed by atoms with van der Waals surface area (Å²) in [5.74, 6) is 1.47. The highest BCUT2D eigenvalue weighted by Crippen LogP contribution is 2.17. The third-order valence-corrected chi connectivity index (χ3v) is 3.35. The Morgan fingerprint density at radius 1 is 1.38 bits per heavy atom. The summed E-state index contributed by atoms with van der Waals surface area (Å²) in [7, 11) is 0. The minimum atomic E-state index is 0.505. The third kappa shape index (κ3) is 5.13. The highest BCUT2D eigenvalue weighted by atomic mass is 16.5. The number of allylic oxidation sites excluding steroid dienone is 2. The number of rotatable bonds is 7. The van der Waals surface area contributed by atoms with Gasteiger partial charge in [-0.3, -0.25) is 0 Å². The maximum atomic E-state index is 5.52. The van der Waals surface area contributed by atoms with Crippen LogP contribution in [0.2, 0.25) is 0 Å². The fourth-order valence-electron chi connectivity index (χ4n) is 2.09. The average Bonchev–Trinajstić information content (AvgIpc) is 2.30. The Labute approximate surface area is 100 Å². The van der Waals surface area contributed by atoms with Gasteiger partial charge >= 0.3 is 0 Å². The van der Waals surface area contributed by atoms with Crippen molar-refractivity contribution in [2.45, 2.75) is 46.1 Å². The van der Waals surface area contributed by atoms with Gasteiger partial charge in [-0.05, 0) is 44.6 Å². The lowest BCUT2D eigenvalue weighted by Gasteiger charge is -2.26. The first kappa shape index (κ1) is 13.7. The SMILES string of the molecule is CCOCC(NCC1CC=CCC1)C(C)C. The first-order chi connectivity index (χ1) is 7.74. The molecule has 0 heterocycles. The van der Waals surface area contributed by atoms with Crippen molar-refractivity contribution in [1.82, 2.24) is 5.32 Å². The van der Waals surface area contributed by atoms with Crippen molar-refractivity contribution >= 4 is 0 Å². The van der Waals surface area contributed by atoms with Crippen LogP contribution in [0, 0.1) is 11.8 Å². The third-order valence-electron chi connectivity index (χ3n) is 3.35. The Hall–Kier alpha value is -0.340. The molecule has 0 aromatic carbocycles. The average molecular weight is 225 g/mol. The van der Waals surface area contributed by atoms with E-state index in [9.17, 15) is 0 Å². The van der Waals surface area contributed by atoms with E-state index in [0.29, 0.717) is 12.0 Å². The van der Waals surface area contributed by atoms with Crippen LogP contribution in [-0.2, 0) is 4.74 Å². The van der Waals surface area contributed by atoms with E-state index in [4.69, 9.17) is 4.74 Å². The molecule has 0 amide bonds. The molecule has 2 nitrogen and oxygen atoms in total. The first-order valence-electron chi connectivity index (χ1n) is 6.70. The summed E-state index contributed by atoms with van der Waals surface area (Å²) >= 11 is 0. The van der Waals surface area contributed by atoms with Gasteiger partial charge in [-0.15, -0.1) is 0 Å². The van der Waals surface area contributed by atoms with Gasteiger partial charge in [0.15, 0.2) is 0 Å². The molecule has 94 valence electrons. The normalized spacial score (nSPS) is 22.6. The van der Waals surface area contributed by atoms with E-state index >= 15 is 0 Å². The molecule has 1 N–H and O–H groups in total. The van der Waals surface area contributed by atoms with Crippen LogP contribution >= 0.6 is 0 Å². The fraction of sp³-hybridized carbons (Fsp3) is 0.857. The summed E-state index contributed by atoms with van der Waals surface area (Å²) in [6, 6.07) is 0.505. The molecular weight excluding hydrogens is 198 g/mol. The molecule has 2 heteroatoms. The van der Waals surface area contributed by atoms with Crippen molar-refractivity contribution < 1.29 is 4.74 Å². The molecule has 0 saturated heterocycles. The molecule has 0 aromatic heterocycles. The summed E-state index contributed by atoms with van der Waals surface area (Å²) in [4.78, 5) is 0. The molecule has 0 fully saturated rings. The van der Waals surface area contributed by atoms with Crippen molar-refractivity contribution in [2.75, 3.05) is 19.8 Å². The second-order valence-corrected chi connectivity index (χ2v) is 5.07. The predicted octanol–water partition coefficient (Wildman–Crippen LogP) is 2.99. The second kappa shape index (κ2) is 7.86. The maximum Gasteiger partial charge on any atom is 0.0621 e. The smallest absolute Gasteiger partial charge is 0.0621 e. The van der Waals surface area contributed by atoms with Crippen LogP contribution in [0.4, 0.5) is 0 Å². The molecule has 1 rings (SSSR count). The highest BCUT2D eigenvalue weighted by Gasteiger charge is 2.16. The molecule has 0 radical (unpaired) electrons. The quantitative estimate of drug-likeness (QED) is 0.673. The lowest BCUT2D eigenvalue weighted by atomic mass is 9.93. The van der Waals surface area contributed by atoms with Crippen LogP contribution in [0.1, 0.15) is 40.0 Å². The summed E-state index contributed by atoms with van der Waals surface area (Å²) in [6.45, 7) is 9.38. The van der Waals surface area contributed by atoms with Gasteiger partial charge in [-0.1, -0.05) is 26.0 Å². The molecule has 16 heavy (non-hydrogen) atoms. The van der Waals surface area contributed by atoms with Crippen molar-refractivity contribution in [3.8, 4) is 0 Å². The minimum absolute atomic E-state index is 0.505. The van der Waals surface area contributed by atoms with Gasteiger partial charge in [0, 0.05) is 12.6 Å². The lowest BCUT2D eigenvalue weighted by Crippen LogP contribution is -2.40. The van der Waals surface area contributed by atoms with E-state index in [2.05, 4.69) is 38.2 Å². The van der Waals surface area contributed by atoms with E-state index in [0.717, 1.165) is 25.7 Å². The lowest BCUT2D eigenvalue weighted by molar-refractivity contribution is 0.106. The Balaban J connectivity index is 2.22. The Morgan fingerprint density at radius 3 is 2.75 bits per heavy atom. The van der Waals surface area contributed by atoms with Crippen LogP contribution < -0.4 is 5.32 Å². The Bertz CT molecular complexity index is 201. The van der Waals surface area contributed by atoms with Crippen molar-refractivity contribution in [2.24, 2.45) is 11.8 Å². The van der Waals surface area contributed by atoms with E-state index in [1.165, 1.54) is 19.3 Å². The predicted molar refractivity (Wildman–Crippen MR) is 69.6 cm³/mol. The maximum absolute atomic E-state index is 5.52. The van der Waals surface area contributed by atoms with Crippen molar-refractivity contribution in [1.29, 1.82) is 0 Å². The largest absolute Gasteiger partial charge is 0.380 e. The monoisotopic (exact) mass is 225 g/mol. The summed E-state index contributed by atoms with van der Waals surface area (Å²) in [5.41, 5.74) is 0. The van der Waals surface area contributed by atoms with Gasteiger partial charge in [0.2, 0.25) is 0 Å². The van der Waals surface area contributed by atoms with E-state index < -0.39 is 0 Å². The van der Waals surface area contributed by atoms with Crippen LogP contribution in [-0.4, -0.2) is 25.8 Å². The fourth-order valence-corrected chi connectivity index (χ4v) is 2.09. The number of hydrogen-bond donors (Lipinski definition) is 1. The van der Waals surface area contributed by atoms with Gasteiger partial charge in [0.05, 0.1) is 6.61 Å². The topological polar surface area (TPSA) is 21.3 Å². The molecule has 2 unspecified atom stereocenters. The van der Waals surface area contributed by atoms with E-state index in [1.807, 2.05) is 0 Å². The molecule has 0 aliphatic heterocycles. The zero-order valence-corrected chi connectivity index (χ0v) is 11.0. The van der Waals surface area contributed by atoms with E-state index in [-0.39, 0.29) is 0 Å². The zero-order valence-electron chi connectivity index (χ0n) is 11.0. The molecule has 0 saturated carbocycles. The van der Waals surface area contributed by atoms with Crippen molar-refractivity contribution in [3.05, 3.63) is 12.2 Å². The number of ether oxygens (including phenoxy) is 1. The summed E-state index contributed by atoms with van der Waals surface area (Å²) in [5, 5.41) is 3.66. The zero-order chi connectivity index (χ0) is 11.8. The molecule has 2 atom stereocenters. The minimum Gasteiger partial charge on any atom is -0.380 e. The molecule has 1 aliphatic rings. The van der Waals surface area contributed by atoms with Gasteiger partial charge in [0.1, 0.15) is 0 Å². The van der Waals surface area contributed by atoms with Crippen LogP contribution in [0.5, 0.6) is 0 Å². The molecule has 1 aliphatic carbocycles. The van der Waals surface area contributed by atoms with Crippen LogP contribution in [0.3, 0.4) is 0 Å². The second-order valence-electron chi connectivity index (χ2n) is 5.07. The van der Waals surface area contributed by atoms with Crippen LogP contribution in [0.15, 0.2) is 12.2 Å². The Morgan fingerprint density at radius 2 is 2.19 bits per heavy atom. The molecule has 0 bridgehead atoms. The number of hydrogen-bond acceptors (Lipinski definition) is 2. The van der Waals surface area contributed by atoms with Gasteiger partial charge < -0.3 is 10.1 Å². The molecule has 0 spiro atoms. The van der Waals surface area contributed by atoms with Crippen molar-refractivity contribution in [3.63, 3.8) is 0 Å². The molecule has 0 aromatic rings. The summed E-state index contributed by atoms with van der Waals surface area (Å²) < 4.78 is 5.52. The van der Waals surface area contributed by atoms with Crippen LogP contribution in [0.25, 0.3) is 0 Å². The van der Waals surface area contributed by atoms with Gasteiger partial charge in [0.25, 0.3) is 0 Å². The number of nitrogens with one attached hydrogen (secondary N) is 1. The first-order valence-corrected chi connectivity index (χ1v) is 6.70.